The lowest BCUT2D eigenvalue weighted by Gasteiger charge is -2.33. The van der Waals surface area contributed by atoms with Gasteiger partial charge in [0.25, 0.3) is 0 Å². The van der Waals surface area contributed by atoms with Crippen molar-refractivity contribution in [1.82, 2.24) is 10.4 Å². The molecular formula is C25H33N2O6. The number of furan rings is 1. The van der Waals surface area contributed by atoms with Gasteiger partial charge in [0, 0.05) is 17.4 Å². The lowest BCUT2D eigenvalue weighted by Crippen LogP contribution is -2.46. The summed E-state index contributed by atoms with van der Waals surface area (Å²) in [6, 6.07) is 6.55. The van der Waals surface area contributed by atoms with Crippen LogP contribution in [-0.2, 0) is 25.9 Å². The highest BCUT2D eigenvalue weighted by Crippen LogP contribution is 2.44. The van der Waals surface area contributed by atoms with Gasteiger partial charge in [-0.2, -0.15) is 0 Å². The Labute approximate surface area is 194 Å². The van der Waals surface area contributed by atoms with Gasteiger partial charge in [0.05, 0.1) is 18.2 Å². The Morgan fingerprint density at radius 2 is 1.82 bits per heavy atom. The fraction of sp³-hybridized carbons (Fsp3) is 0.520. The van der Waals surface area contributed by atoms with Crippen molar-refractivity contribution < 1.29 is 28.7 Å². The molecule has 1 amide bonds. The second kappa shape index (κ2) is 8.50. The Bertz CT molecular complexity index is 1090. The highest BCUT2D eigenvalue weighted by molar-refractivity contribution is 5.86. The Balaban J connectivity index is 1.86. The van der Waals surface area contributed by atoms with Crippen molar-refractivity contribution >= 4 is 28.6 Å². The van der Waals surface area contributed by atoms with E-state index in [1.165, 1.54) is 7.11 Å². The van der Waals surface area contributed by atoms with Crippen molar-refractivity contribution in [2.45, 2.75) is 77.6 Å². The number of amides is 1. The third kappa shape index (κ3) is 5.23. The number of fused-ring (bicyclic) bond motifs is 1. The van der Waals surface area contributed by atoms with E-state index in [1.54, 1.807) is 20.8 Å². The SMILES string of the molecule is COC(=O)[C@H](Cc1ccc2oc(C3=CC(C)(C)N([O])C3(C)C)cc2c1)NC(=O)OC(C)(C)C. The predicted octanol–water partition coefficient (Wildman–Crippen LogP) is 4.64. The van der Waals surface area contributed by atoms with Gasteiger partial charge in [0.2, 0.25) is 0 Å². The minimum Gasteiger partial charge on any atom is -0.467 e. The molecule has 8 nitrogen and oxygen atoms in total. The van der Waals surface area contributed by atoms with E-state index >= 15 is 0 Å². The molecule has 1 N–H and O–H groups in total. The molecule has 179 valence electrons. The molecule has 1 radical (unpaired) electrons. The van der Waals surface area contributed by atoms with Crippen molar-refractivity contribution in [1.29, 1.82) is 0 Å². The van der Waals surface area contributed by atoms with Gasteiger partial charge in [-0.15, -0.1) is 10.3 Å². The van der Waals surface area contributed by atoms with Crippen LogP contribution >= 0.6 is 0 Å². The van der Waals surface area contributed by atoms with Gasteiger partial charge in [-0.1, -0.05) is 12.1 Å². The van der Waals surface area contributed by atoms with Crippen LogP contribution in [0, 0.1) is 0 Å². The van der Waals surface area contributed by atoms with Crippen molar-refractivity contribution in [2.75, 3.05) is 7.11 Å². The average molecular weight is 458 g/mol. The molecule has 1 aliphatic rings. The summed E-state index contributed by atoms with van der Waals surface area (Å²) in [5, 5.41) is 17.2. The molecule has 1 aromatic heterocycles. The number of alkyl carbamates (subject to hydrolysis) is 1. The molecule has 0 spiro atoms. The Morgan fingerprint density at radius 3 is 2.36 bits per heavy atom. The number of hydrogen-bond acceptors (Lipinski definition) is 6. The first-order valence-corrected chi connectivity index (χ1v) is 10.9. The number of carbonyl (C=O) groups excluding carboxylic acids is 2. The van der Waals surface area contributed by atoms with Crippen LogP contribution in [0.5, 0.6) is 0 Å². The van der Waals surface area contributed by atoms with E-state index in [0.29, 0.717) is 11.3 Å². The molecule has 0 fully saturated rings. The summed E-state index contributed by atoms with van der Waals surface area (Å²) in [4.78, 5) is 24.5. The summed E-state index contributed by atoms with van der Waals surface area (Å²) in [5.41, 5.74) is 0.263. The Morgan fingerprint density at radius 1 is 1.15 bits per heavy atom. The highest BCUT2D eigenvalue weighted by atomic mass is 16.6. The van der Waals surface area contributed by atoms with Gasteiger partial charge in [0.1, 0.15) is 23.0 Å². The van der Waals surface area contributed by atoms with Crippen LogP contribution in [0.25, 0.3) is 16.5 Å². The van der Waals surface area contributed by atoms with E-state index in [0.717, 1.165) is 21.6 Å². The molecule has 2 heterocycles. The monoisotopic (exact) mass is 457 g/mol. The molecule has 0 saturated carbocycles. The maximum absolute atomic E-state index is 12.7. The van der Waals surface area contributed by atoms with Crippen LogP contribution in [0.2, 0.25) is 0 Å². The quantitative estimate of drug-likeness (QED) is 0.656. The maximum atomic E-state index is 12.7. The smallest absolute Gasteiger partial charge is 0.408 e. The number of benzene rings is 1. The van der Waals surface area contributed by atoms with Gasteiger partial charge in [0.15, 0.2) is 0 Å². The van der Waals surface area contributed by atoms with E-state index in [-0.39, 0.29) is 6.42 Å². The number of ether oxygens (including phenoxy) is 2. The zero-order chi connectivity index (χ0) is 24.8. The van der Waals surface area contributed by atoms with Gasteiger partial charge < -0.3 is 19.2 Å². The first-order chi connectivity index (χ1) is 15.1. The number of methoxy groups -OCH3 is 1. The largest absolute Gasteiger partial charge is 0.467 e. The minimum absolute atomic E-state index is 0.220. The Kier molecular flexibility index (Phi) is 6.39. The van der Waals surface area contributed by atoms with Gasteiger partial charge >= 0.3 is 12.1 Å². The average Bonchev–Trinajstić information content (AvgIpc) is 3.17. The van der Waals surface area contributed by atoms with Gasteiger partial charge in [-0.3, -0.25) is 0 Å². The van der Waals surface area contributed by atoms with E-state index in [2.05, 4.69) is 5.32 Å². The summed E-state index contributed by atoms with van der Waals surface area (Å²) in [6.07, 6.45) is 1.47. The van der Waals surface area contributed by atoms with Gasteiger partial charge in [-0.05, 0) is 72.2 Å². The van der Waals surface area contributed by atoms with E-state index < -0.39 is 34.8 Å². The van der Waals surface area contributed by atoms with E-state index in [1.807, 2.05) is 58.0 Å². The zero-order valence-electron chi connectivity index (χ0n) is 20.6. The third-order valence-corrected chi connectivity index (χ3v) is 5.65. The van der Waals surface area contributed by atoms with Crippen LogP contribution in [0.1, 0.15) is 59.8 Å². The summed E-state index contributed by atoms with van der Waals surface area (Å²) >= 11 is 0. The number of nitrogens with one attached hydrogen (secondary N) is 1. The predicted molar refractivity (Wildman–Crippen MR) is 124 cm³/mol. The number of carbonyl (C=O) groups is 2. The number of hydroxylamine groups is 2. The van der Waals surface area contributed by atoms with E-state index in [9.17, 15) is 14.8 Å². The summed E-state index contributed by atoms with van der Waals surface area (Å²) in [7, 11) is 1.27. The first-order valence-electron chi connectivity index (χ1n) is 10.9. The minimum atomic E-state index is -0.903. The third-order valence-electron chi connectivity index (χ3n) is 5.65. The van der Waals surface area contributed by atoms with E-state index in [4.69, 9.17) is 13.9 Å². The lowest BCUT2D eigenvalue weighted by atomic mass is 9.94. The number of hydrogen-bond donors (Lipinski definition) is 1. The molecule has 0 aliphatic carbocycles. The van der Waals surface area contributed by atoms with Crippen molar-refractivity contribution in [3.63, 3.8) is 0 Å². The molecule has 0 bridgehead atoms. The standard InChI is InChI=1S/C25H33N2O6/c1-23(2,3)33-22(29)26-18(21(28)31-8)12-15-9-10-19-16(11-15)13-20(32-19)17-14-24(4,5)27(30)25(17,6)7/h9-11,13-14,18H,12H2,1-8H3,(H,26,29)/t18-/m0/s1. The number of rotatable bonds is 5. The van der Waals surface area contributed by atoms with Crippen LogP contribution in [0.3, 0.4) is 0 Å². The molecule has 33 heavy (non-hydrogen) atoms. The Hall–Kier alpha value is -2.84. The molecule has 1 atom stereocenters. The van der Waals surface area contributed by atoms with Crippen molar-refractivity contribution in [2.24, 2.45) is 0 Å². The molecule has 1 aromatic carbocycles. The molecule has 3 rings (SSSR count). The number of nitrogens with zero attached hydrogens (tertiary/aromatic N) is 1. The summed E-state index contributed by atoms with van der Waals surface area (Å²) < 4.78 is 16.2. The maximum Gasteiger partial charge on any atom is 0.408 e. The topological polar surface area (TPSA) is 101 Å². The molecule has 1 aliphatic heterocycles. The molecule has 0 saturated heterocycles. The summed E-state index contributed by atoms with van der Waals surface area (Å²) in [6.45, 7) is 12.8. The molecular weight excluding hydrogens is 424 g/mol. The van der Waals surface area contributed by atoms with Crippen molar-refractivity contribution in [3.8, 4) is 0 Å². The second-order valence-electron chi connectivity index (χ2n) is 10.5. The van der Waals surface area contributed by atoms with Crippen LogP contribution in [0.15, 0.2) is 34.8 Å². The lowest BCUT2D eigenvalue weighted by molar-refractivity contribution is -0.234. The second-order valence-corrected chi connectivity index (χ2v) is 10.5. The highest BCUT2D eigenvalue weighted by Gasteiger charge is 2.47. The fourth-order valence-electron chi connectivity index (χ4n) is 4.16. The summed E-state index contributed by atoms with van der Waals surface area (Å²) in [5.74, 6) is 0.0689. The fourth-order valence-corrected chi connectivity index (χ4v) is 4.16. The molecule has 8 heteroatoms. The zero-order valence-corrected chi connectivity index (χ0v) is 20.6. The van der Waals surface area contributed by atoms with Gasteiger partial charge in [-0.25, -0.2) is 9.59 Å². The van der Waals surface area contributed by atoms with Crippen LogP contribution in [-0.4, -0.2) is 47.0 Å². The molecule has 0 unspecified atom stereocenters. The molecule has 2 aromatic rings. The first kappa shape index (κ1) is 24.8. The van der Waals surface area contributed by atoms with Crippen LogP contribution in [0.4, 0.5) is 4.79 Å². The van der Waals surface area contributed by atoms with Crippen LogP contribution < -0.4 is 5.32 Å². The normalized spacial score (nSPS) is 18.6. The van der Waals surface area contributed by atoms with Crippen molar-refractivity contribution in [3.05, 3.63) is 41.7 Å². The number of esters is 1.